The highest BCUT2D eigenvalue weighted by molar-refractivity contribution is 7.80. The van der Waals surface area contributed by atoms with Crippen LogP contribution in [0.5, 0.6) is 5.75 Å². The number of thiocarbonyl (C=S) groups is 1. The molecule has 1 aliphatic heterocycles. The van der Waals surface area contributed by atoms with Gasteiger partial charge < -0.3 is 15.0 Å². The van der Waals surface area contributed by atoms with Crippen LogP contribution in [-0.2, 0) is 0 Å². The van der Waals surface area contributed by atoms with Crippen molar-refractivity contribution in [3.05, 3.63) is 29.8 Å². The zero-order valence-corrected chi connectivity index (χ0v) is 15.3. The van der Waals surface area contributed by atoms with Crippen LogP contribution in [0.15, 0.2) is 24.3 Å². The predicted octanol–water partition coefficient (Wildman–Crippen LogP) is 3.86. The van der Waals surface area contributed by atoms with Gasteiger partial charge in [-0.3, -0.25) is 0 Å². The van der Waals surface area contributed by atoms with E-state index >= 15 is 0 Å². The first kappa shape index (κ1) is 18.2. The van der Waals surface area contributed by atoms with Crippen LogP contribution < -0.4 is 10.1 Å². The third-order valence-corrected chi connectivity index (χ3v) is 4.47. The van der Waals surface area contributed by atoms with Crippen molar-refractivity contribution in [2.24, 2.45) is 5.92 Å². The summed E-state index contributed by atoms with van der Waals surface area (Å²) in [7, 11) is 0. The molecule has 3 nitrogen and oxygen atoms in total. The van der Waals surface area contributed by atoms with Crippen molar-refractivity contribution in [3.8, 4) is 5.75 Å². The van der Waals surface area contributed by atoms with E-state index in [2.05, 4.69) is 24.1 Å². The SMILES string of the molecule is CC(C)COc1ccc(C(=S)NCCCN2CCCCC2)cc1. The average molecular weight is 335 g/mol. The second kappa shape index (κ2) is 9.89. The van der Waals surface area contributed by atoms with Gasteiger partial charge in [0.1, 0.15) is 10.7 Å². The lowest BCUT2D eigenvalue weighted by atomic mass is 10.1. The number of piperidine rings is 1. The highest BCUT2D eigenvalue weighted by Crippen LogP contribution is 2.13. The van der Waals surface area contributed by atoms with E-state index in [1.54, 1.807) is 0 Å². The fraction of sp³-hybridized carbons (Fsp3) is 0.632. The summed E-state index contributed by atoms with van der Waals surface area (Å²) in [6.07, 6.45) is 5.26. The van der Waals surface area contributed by atoms with Crippen LogP contribution in [0.3, 0.4) is 0 Å². The van der Waals surface area contributed by atoms with Gasteiger partial charge in [-0.05, 0) is 69.1 Å². The summed E-state index contributed by atoms with van der Waals surface area (Å²) < 4.78 is 5.70. The number of ether oxygens (including phenoxy) is 1. The fourth-order valence-electron chi connectivity index (χ4n) is 2.76. The molecular formula is C19H30N2OS. The Hall–Kier alpha value is -1.13. The van der Waals surface area contributed by atoms with Gasteiger partial charge >= 0.3 is 0 Å². The summed E-state index contributed by atoms with van der Waals surface area (Å²) in [6.45, 7) is 9.70. The van der Waals surface area contributed by atoms with Crippen molar-refractivity contribution in [1.82, 2.24) is 10.2 Å². The highest BCUT2D eigenvalue weighted by atomic mass is 32.1. The van der Waals surface area contributed by atoms with Crippen molar-refractivity contribution in [2.45, 2.75) is 39.5 Å². The zero-order chi connectivity index (χ0) is 16.5. The zero-order valence-electron chi connectivity index (χ0n) is 14.5. The summed E-state index contributed by atoms with van der Waals surface area (Å²) >= 11 is 5.47. The van der Waals surface area contributed by atoms with Crippen LogP contribution in [0.4, 0.5) is 0 Å². The second-order valence-corrected chi connectivity index (χ2v) is 7.15. The standard InChI is InChI=1S/C19H30N2OS/c1-16(2)15-22-18-9-7-17(8-10-18)19(23)20-11-6-14-21-12-4-3-5-13-21/h7-10,16H,3-6,11-15H2,1-2H3,(H,20,23). The number of nitrogens with zero attached hydrogens (tertiary/aromatic N) is 1. The van der Waals surface area contributed by atoms with Gasteiger partial charge in [0, 0.05) is 12.1 Å². The number of hydrogen-bond donors (Lipinski definition) is 1. The number of likely N-dealkylation sites (tertiary alicyclic amines) is 1. The van der Waals surface area contributed by atoms with E-state index < -0.39 is 0 Å². The molecule has 0 saturated carbocycles. The molecule has 0 bridgehead atoms. The van der Waals surface area contributed by atoms with Gasteiger partial charge in [0.25, 0.3) is 0 Å². The summed E-state index contributed by atoms with van der Waals surface area (Å²) in [6, 6.07) is 8.07. The quantitative estimate of drug-likeness (QED) is 0.576. The molecule has 1 fully saturated rings. The lowest BCUT2D eigenvalue weighted by molar-refractivity contribution is 0.227. The predicted molar refractivity (Wildman–Crippen MR) is 101 cm³/mol. The first-order valence-corrected chi connectivity index (χ1v) is 9.29. The Labute approximate surface area is 146 Å². The molecule has 0 radical (unpaired) electrons. The maximum absolute atomic E-state index is 5.70. The molecule has 0 aromatic heterocycles. The van der Waals surface area contributed by atoms with Gasteiger partial charge in [0.05, 0.1) is 6.61 Å². The minimum absolute atomic E-state index is 0.539. The molecule has 1 aromatic rings. The Kier molecular flexibility index (Phi) is 7.83. The van der Waals surface area contributed by atoms with Crippen LogP contribution >= 0.6 is 12.2 Å². The fourth-order valence-corrected chi connectivity index (χ4v) is 2.99. The highest BCUT2D eigenvalue weighted by Gasteiger charge is 2.09. The molecule has 0 atom stereocenters. The first-order chi connectivity index (χ1) is 11.1. The molecule has 2 rings (SSSR count). The number of rotatable bonds is 8. The normalized spacial score (nSPS) is 15.6. The van der Waals surface area contributed by atoms with Crippen molar-refractivity contribution >= 4 is 17.2 Å². The van der Waals surface area contributed by atoms with Gasteiger partial charge in [-0.15, -0.1) is 0 Å². The largest absolute Gasteiger partial charge is 0.493 e. The Bertz CT molecular complexity index is 467. The van der Waals surface area contributed by atoms with Gasteiger partial charge in [0.2, 0.25) is 0 Å². The van der Waals surface area contributed by atoms with Crippen molar-refractivity contribution in [1.29, 1.82) is 0 Å². The van der Waals surface area contributed by atoms with E-state index in [1.807, 2.05) is 24.3 Å². The molecule has 1 aromatic carbocycles. The number of benzene rings is 1. The molecular weight excluding hydrogens is 304 g/mol. The smallest absolute Gasteiger partial charge is 0.119 e. The lowest BCUT2D eigenvalue weighted by Gasteiger charge is -2.26. The summed E-state index contributed by atoms with van der Waals surface area (Å²) in [5, 5.41) is 3.37. The summed E-state index contributed by atoms with van der Waals surface area (Å²) in [4.78, 5) is 3.40. The monoisotopic (exact) mass is 334 g/mol. The van der Waals surface area contributed by atoms with Crippen molar-refractivity contribution in [2.75, 3.05) is 32.8 Å². The molecule has 23 heavy (non-hydrogen) atoms. The van der Waals surface area contributed by atoms with Crippen LogP contribution in [0.1, 0.15) is 45.1 Å². The van der Waals surface area contributed by atoms with Gasteiger partial charge in [-0.2, -0.15) is 0 Å². The van der Waals surface area contributed by atoms with Gasteiger partial charge in [-0.25, -0.2) is 0 Å². The Balaban J connectivity index is 1.66. The third-order valence-electron chi connectivity index (χ3n) is 4.09. The Morgan fingerprint density at radius 3 is 2.52 bits per heavy atom. The second-order valence-electron chi connectivity index (χ2n) is 6.74. The molecule has 0 unspecified atom stereocenters. The lowest BCUT2D eigenvalue weighted by Crippen LogP contribution is -2.33. The molecule has 0 aliphatic carbocycles. The van der Waals surface area contributed by atoms with E-state index in [0.29, 0.717) is 5.92 Å². The van der Waals surface area contributed by atoms with Gasteiger partial charge in [-0.1, -0.05) is 32.5 Å². The van der Waals surface area contributed by atoms with Crippen LogP contribution in [-0.4, -0.2) is 42.7 Å². The summed E-state index contributed by atoms with van der Waals surface area (Å²) in [5.41, 5.74) is 1.06. The molecule has 1 aliphatic rings. The van der Waals surface area contributed by atoms with E-state index in [-0.39, 0.29) is 0 Å². The molecule has 1 saturated heterocycles. The molecule has 1 heterocycles. The van der Waals surface area contributed by atoms with E-state index in [4.69, 9.17) is 17.0 Å². The Morgan fingerprint density at radius 2 is 1.87 bits per heavy atom. The van der Waals surface area contributed by atoms with Gasteiger partial charge in [0.15, 0.2) is 0 Å². The van der Waals surface area contributed by atoms with E-state index in [0.717, 1.165) is 35.9 Å². The van der Waals surface area contributed by atoms with E-state index in [1.165, 1.54) is 38.9 Å². The van der Waals surface area contributed by atoms with Crippen LogP contribution in [0, 0.1) is 5.92 Å². The maximum Gasteiger partial charge on any atom is 0.119 e. The topological polar surface area (TPSA) is 24.5 Å². The van der Waals surface area contributed by atoms with Crippen molar-refractivity contribution in [3.63, 3.8) is 0 Å². The molecule has 128 valence electrons. The number of hydrogen-bond acceptors (Lipinski definition) is 3. The minimum Gasteiger partial charge on any atom is -0.493 e. The first-order valence-electron chi connectivity index (χ1n) is 8.88. The molecule has 0 amide bonds. The molecule has 0 spiro atoms. The maximum atomic E-state index is 5.70. The number of nitrogens with one attached hydrogen (secondary N) is 1. The minimum atomic E-state index is 0.539. The Morgan fingerprint density at radius 1 is 1.17 bits per heavy atom. The van der Waals surface area contributed by atoms with E-state index in [9.17, 15) is 0 Å². The van der Waals surface area contributed by atoms with Crippen LogP contribution in [0.25, 0.3) is 0 Å². The van der Waals surface area contributed by atoms with Crippen LogP contribution in [0.2, 0.25) is 0 Å². The average Bonchev–Trinajstić information content (AvgIpc) is 2.58. The summed E-state index contributed by atoms with van der Waals surface area (Å²) in [5.74, 6) is 1.45. The molecule has 1 N–H and O–H groups in total. The van der Waals surface area contributed by atoms with Crippen molar-refractivity contribution < 1.29 is 4.74 Å². The molecule has 4 heteroatoms. The third kappa shape index (κ3) is 6.88.